The lowest BCUT2D eigenvalue weighted by atomic mass is 10.3. The molecule has 0 saturated carbocycles. The molecule has 0 aliphatic heterocycles. The molecule has 0 spiro atoms. The number of halogens is 3. The molecule has 0 unspecified atom stereocenters. The van der Waals surface area contributed by atoms with Gasteiger partial charge in [-0.2, -0.15) is 4.39 Å². The van der Waals surface area contributed by atoms with Crippen molar-refractivity contribution in [2.45, 2.75) is 6.43 Å². The monoisotopic (exact) mass is 196 g/mol. The summed E-state index contributed by atoms with van der Waals surface area (Å²) in [5.74, 6) is -1.53. The lowest BCUT2D eigenvalue weighted by Gasteiger charge is -1.88. The van der Waals surface area contributed by atoms with Crippen LogP contribution in [0.2, 0.25) is 0 Å². The first-order valence-electron chi connectivity index (χ1n) is 2.83. The van der Waals surface area contributed by atoms with Gasteiger partial charge in [-0.1, -0.05) is 0 Å². The summed E-state index contributed by atoms with van der Waals surface area (Å²) < 4.78 is 36.3. The Morgan fingerprint density at radius 2 is 2.17 bits per heavy atom. The highest BCUT2D eigenvalue weighted by molar-refractivity contribution is 7.10. The van der Waals surface area contributed by atoms with Gasteiger partial charge < -0.3 is 5.11 Å². The minimum Gasteiger partial charge on any atom is -0.478 e. The molecule has 0 aromatic carbocycles. The molecule has 0 aliphatic carbocycles. The van der Waals surface area contributed by atoms with Crippen molar-refractivity contribution >= 4 is 17.3 Å². The van der Waals surface area contributed by atoms with Gasteiger partial charge in [0.2, 0.25) is 0 Å². The number of carboxylic acids is 1. The Hall–Kier alpha value is -1.04. The van der Waals surface area contributed by atoms with Gasteiger partial charge in [-0.05, 0) is 6.07 Å². The number of aromatic carboxylic acids is 1. The second kappa shape index (κ2) is 3.14. The Balaban J connectivity index is 3.09. The van der Waals surface area contributed by atoms with E-state index in [0.717, 1.165) is 0 Å². The molecule has 0 saturated heterocycles. The molecular formula is C6H3F3O2S. The van der Waals surface area contributed by atoms with Crippen molar-refractivity contribution in [3.8, 4) is 0 Å². The Kier molecular flexibility index (Phi) is 2.37. The predicted molar refractivity (Wildman–Crippen MR) is 36.2 cm³/mol. The van der Waals surface area contributed by atoms with Crippen molar-refractivity contribution in [3.05, 3.63) is 21.6 Å². The van der Waals surface area contributed by atoms with Crippen LogP contribution in [0.5, 0.6) is 0 Å². The smallest absolute Gasteiger partial charge is 0.339 e. The van der Waals surface area contributed by atoms with Crippen LogP contribution in [0.3, 0.4) is 0 Å². The molecule has 0 atom stereocenters. The molecule has 0 fully saturated rings. The summed E-state index contributed by atoms with van der Waals surface area (Å²) in [6.07, 6.45) is -2.82. The second-order valence-corrected chi connectivity index (χ2v) is 2.98. The largest absolute Gasteiger partial charge is 0.478 e. The first kappa shape index (κ1) is 9.05. The first-order chi connectivity index (χ1) is 5.52. The van der Waals surface area contributed by atoms with Crippen LogP contribution in [0.4, 0.5) is 13.2 Å². The number of alkyl halides is 2. The summed E-state index contributed by atoms with van der Waals surface area (Å²) >= 11 is 0.153. The SMILES string of the molecule is O=C(O)c1cc(C(F)F)sc1F. The molecule has 0 amide bonds. The Morgan fingerprint density at radius 1 is 1.58 bits per heavy atom. The van der Waals surface area contributed by atoms with Crippen LogP contribution < -0.4 is 0 Å². The van der Waals surface area contributed by atoms with E-state index in [-0.39, 0.29) is 11.3 Å². The third kappa shape index (κ3) is 1.58. The van der Waals surface area contributed by atoms with Crippen LogP contribution in [0.15, 0.2) is 6.07 Å². The topological polar surface area (TPSA) is 37.3 Å². The summed E-state index contributed by atoms with van der Waals surface area (Å²) in [7, 11) is 0. The minimum atomic E-state index is -2.82. The zero-order valence-electron chi connectivity index (χ0n) is 5.55. The molecule has 0 bridgehead atoms. The molecule has 66 valence electrons. The maximum absolute atomic E-state index is 12.5. The van der Waals surface area contributed by atoms with Crippen LogP contribution >= 0.6 is 11.3 Å². The van der Waals surface area contributed by atoms with Gasteiger partial charge in [0.05, 0.1) is 4.88 Å². The maximum Gasteiger partial charge on any atom is 0.339 e. The van der Waals surface area contributed by atoms with Crippen LogP contribution in [0, 0.1) is 5.13 Å². The van der Waals surface area contributed by atoms with Gasteiger partial charge in [0.1, 0.15) is 5.56 Å². The summed E-state index contributed by atoms with van der Waals surface area (Å²) in [6.45, 7) is 0. The van der Waals surface area contributed by atoms with Crippen molar-refractivity contribution in [1.29, 1.82) is 0 Å². The van der Waals surface area contributed by atoms with Crippen LogP contribution in [0.25, 0.3) is 0 Å². The number of hydrogen-bond donors (Lipinski definition) is 1. The summed E-state index contributed by atoms with van der Waals surface area (Å²) in [6, 6.07) is 0.646. The summed E-state index contributed by atoms with van der Waals surface area (Å²) in [5, 5.41) is 7.20. The number of hydrogen-bond acceptors (Lipinski definition) is 2. The Morgan fingerprint density at radius 3 is 2.42 bits per heavy atom. The fourth-order valence-electron chi connectivity index (χ4n) is 0.640. The predicted octanol–water partition coefficient (Wildman–Crippen LogP) is 2.52. The van der Waals surface area contributed by atoms with E-state index in [1.165, 1.54) is 0 Å². The van der Waals surface area contributed by atoms with Gasteiger partial charge in [-0.25, -0.2) is 13.6 Å². The lowest BCUT2D eigenvalue weighted by molar-refractivity contribution is 0.0693. The van der Waals surface area contributed by atoms with Crippen LogP contribution in [-0.2, 0) is 0 Å². The van der Waals surface area contributed by atoms with E-state index >= 15 is 0 Å². The number of carboxylic acid groups (broad SMARTS) is 1. The van der Waals surface area contributed by atoms with E-state index in [1.54, 1.807) is 0 Å². The van der Waals surface area contributed by atoms with E-state index in [0.29, 0.717) is 6.07 Å². The van der Waals surface area contributed by atoms with Gasteiger partial charge in [0.25, 0.3) is 6.43 Å². The standard InChI is InChI=1S/C6H3F3O2S/c7-4(8)3-1-2(6(10)11)5(9)12-3/h1,4H,(H,10,11). The highest BCUT2D eigenvalue weighted by atomic mass is 32.1. The fraction of sp³-hybridized carbons (Fsp3) is 0.167. The van der Waals surface area contributed by atoms with Crippen molar-refractivity contribution < 1.29 is 23.1 Å². The van der Waals surface area contributed by atoms with Gasteiger partial charge in [-0.15, -0.1) is 11.3 Å². The summed E-state index contributed by atoms with van der Waals surface area (Å²) in [5.41, 5.74) is -0.699. The fourth-order valence-corrected chi connectivity index (χ4v) is 1.37. The molecule has 1 aromatic rings. The van der Waals surface area contributed by atoms with E-state index in [1.807, 2.05) is 0 Å². The third-order valence-electron chi connectivity index (χ3n) is 1.15. The Bertz CT molecular complexity index is 308. The molecule has 1 N–H and O–H groups in total. The molecule has 1 aromatic heterocycles. The molecule has 6 heteroatoms. The molecule has 0 radical (unpaired) electrons. The molecule has 0 aliphatic rings. The van der Waals surface area contributed by atoms with Crippen molar-refractivity contribution in [1.82, 2.24) is 0 Å². The average molecular weight is 196 g/mol. The molecule has 2 nitrogen and oxygen atoms in total. The third-order valence-corrected chi connectivity index (χ3v) is 2.08. The molecule has 1 rings (SSSR count). The van der Waals surface area contributed by atoms with E-state index in [9.17, 15) is 18.0 Å². The maximum atomic E-state index is 12.5. The van der Waals surface area contributed by atoms with Crippen LogP contribution in [-0.4, -0.2) is 11.1 Å². The van der Waals surface area contributed by atoms with Crippen molar-refractivity contribution in [2.24, 2.45) is 0 Å². The quantitative estimate of drug-likeness (QED) is 0.789. The highest BCUT2D eigenvalue weighted by Gasteiger charge is 2.19. The molecule has 1 heterocycles. The van der Waals surface area contributed by atoms with Gasteiger partial charge in [0.15, 0.2) is 5.13 Å². The first-order valence-corrected chi connectivity index (χ1v) is 3.64. The average Bonchev–Trinajstić information content (AvgIpc) is 2.30. The van der Waals surface area contributed by atoms with Crippen molar-refractivity contribution in [2.75, 3.05) is 0 Å². The van der Waals surface area contributed by atoms with Gasteiger partial charge >= 0.3 is 5.97 Å². The van der Waals surface area contributed by atoms with E-state index < -0.39 is 28.0 Å². The Labute approximate surface area is 69.3 Å². The number of carbonyl (C=O) groups is 1. The lowest BCUT2D eigenvalue weighted by Crippen LogP contribution is -1.95. The van der Waals surface area contributed by atoms with Crippen LogP contribution in [0.1, 0.15) is 21.7 Å². The zero-order valence-corrected chi connectivity index (χ0v) is 6.37. The zero-order chi connectivity index (χ0) is 9.30. The minimum absolute atomic E-state index is 0.153. The number of thiophene rings is 1. The normalized spacial score (nSPS) is 10.7. The van der Waals surface area contributed by atoms with Gasteiger partial charge in [0, 0.05) is 0 Å². The molecule has 12 heavy (non-hydrogen) atoms. The molecular weight excluding hydrogens is 193 g/mol. The van der Waals surface area contributed by atoms with Crippen molar-refractivity contribution in [3.63, 3.8) is 0 Å². The summed E-state index contributed by atoms with van der Waals surface area (Å²) in [4.78, 5) is 9.61. The number of rotatable bonds is 2. The second-order valence-electron chi connectivity index (χ2n) is 1.94. The van der Waals surface area contributed by atoms with E-state index in [2.05, 4.69) is 0 Å². The van der Waals surface area contributed by atoms with Gasteiger partial charge in [-0.3, -0.25) is 0 Å². The highest BCUT2D eigenvalue weighted by Crippen LogP contribution is 2.29. The van der Waals surface area contributed by atoms with E-state index in [4.69, 9.17) is 5.11 Å².